The average molecular weight is 310 g/mol. The molecule has 124 valence electrons. The fourth-order valence-electron chi connectivity index (χ4n) is 3.02. The third-order valence-corrected chi connectivity index (χ3v) is 3.89. The van der Waals surface area contributed by atoms with Crippen molar-refractivity contribution in [3.63, 3.8) is 0 Å². The molecule has 0 saturated carbocycles. The Hall–Kier alpha value is -1.94. The molecule has 0 bridgehead atoms. The minimum absolute atomic E-state index is 0.275. The van der Waals surface area contributed by atoms with E-state index >= 15 is 0 Å². The Morgan fingerprint density at radius 1 is 1.30 bits per heavy atom. The SMILES string of the molecule is C#Cc1ccc(C)c(C2=C(C)CC(C)C2)c1.C=C(C)OC(C)C. The fourth-order valence-corrected chi connectivity index (χ4v) is 3.02. The number of allylic oxidation sites excluding steroid dienone is 3. The van der Waals surface area contributed by atoms with E-state index < -0.39 is 0 Å². The molecule has 23 heavy (non-hydrogen) atoms. The maximum absolute atomic E-state index is 5.46. The maximum atomic E-state index is 5.46. The molecule has 1 aromatic carbocycles. The lowest BCUT2D eigenvalue weighted by Gasteiger charge is -2.09. The fraction of sp³-hybridized carbons (Fsp3) is 0.455. The zero-order chi connectivity index (χ0) is 17.6. The highest BCUT2D eigenvalue weighted by molar-refractivity contribution is 5.73. The van der Waals surface area contributed by atoms with Gasteiger partial charge in [0.15, 0.2) is 0 Å². The monoisotopic (exact) mass is 310 g/mol. The second kappa shape index (κ2) is 8.63. The Morgan fingerprint density at radius 3 is 2.35 bits per heavy atom. The molecule has 0 fully saturated rings. The summed E-state index contributed by atoms with van der Waals surface area (Å²) in [7, 11) is 0. The van der Waals surface area contributed by atoms with Crippen molar-refractivity contribution in [3.8, 4) is 12.3 Å². The first-order chi connectivity index (χ1) is 10.7. The molecule has 0 aliphatic heterocycles. The summed E-state index contributed by atoms with van der Waals surface area (Å²) < 4.78 is 5.06. The molecule has 1 nitrogen and oxygen atoms in total. The molecule has 0 N–H and O–H groups in total. The second-order valence-corrected chi connectivity index (χ2v) is 6.81. The number of aryl methyl sites for hydroxylation is 1. The van der Waals surface area contributed by atoms with Gasteiger partial charge in [-0.3, -0.25) is 0 Å². The number of hydrogen-bond donors (Lipinski definition) is 0. The smallest absolute Gasteiger partial charge is 0.0926 e. The third kappa shape index (κ3) is 5.99. The molecule has 2 rings (SSSR count). The summed E-state index contributed by atoms with van der Waals surface area (Å²) in [5.74, 6) is 4.29. The summed E-state index contributed by atoms with van der Waals surface area (Å²) in [6.45, 7) is 16.1. The molecular weight excluding hydrogens is 280 g/mol. The normalized spacial score (nSPS) is 16.7. The van der Waals surface area contributed by atoms with Crippen LogP contribution in [-0.4, -0.2) is 6.10 Å². The molecular formula is C22H30O. The lowest BCUT2D eigenvalue weighted by atomic mass is 9.95. The summed E-state index contributed by atoms with van der Waals surface area (Å²) in [5, 5.41) is 0. The molecule has 1 aliphatic rings. The van der Waals surface area contributed by atoms with E-state index in [2.05, 4.69) is 45.4 Å². The Labute approximate surface area is 142 Å². The number of ether oxygens (including phenoxy) is 1. The highest BCUT2D eigenvalue weighted by Gasteiger charge is 2.20. The van der Waals surface area contributed by atoms with Crippen LogP contribution in [0.1, 0.15) is 64.2 Å². The molecule has 1 aliphatic carbocycles. The summed E-state index contributed by atoms with van der Waals surface area (Å²) in [6, 6.07) is 6.31. The molecule has 0 spiro atoms. The Kier molecular flexibility index (Phi) is 7.17. The largest absolute Gasteiger partial charge is 0.496 e. The van der Waals surface area contributed by atoms with Crippen LogP contribution in [0, 0.1) is 25.2 Å². The molecule has 1 heteroatoms. The summed E-state index contributed by atoms with van der Waals surface area (Å²) in [5.41, 5.74) is 6.73. The van der Waals surface area contributed by atoms with Gasteiger partial charge in [-0.15, -0.1) is 6.42 Å². The van der Waals surface area contributed by atoms with Gasteiger partial charge in [0.05, 0.1) is 11.9 Å². The van der Waals surface area contributed by atoms with Crippen LogP contribution < -0.4 is 0 Å². The van der Waals surface area contributed by atoms with E-state index in [1.807, 2.05) is 26.8 Å². The van der Waals surface area contributed by atoms with Crippen molar-refractivity contribution in [2.75, 3.05) is 0 Å². The van der Waals surface area contributed by atoms with E-state index in [4.69, 9.17) is 11.2 Å². The summed E-state index contributed by atoms with van der Waals surface area (Å²) in [4.78, 5) is 0. The molecule has 1 aromatic rings. The van der Waals surface area contributed by atoms with Crippen molar-refractivity contribution >= 4 is 5.57 Å². The zero-order valence-corrected chi connectivity index (χ0v) is 15.5. The summed E-state index contributed by atoms with van der Waals surface area (Å²) >= 11 is 0. The quantitative estimate of drug-likeness (QED) is 0.482. The van der Waals surface area contributed by atoms with Crippen LogP contribution in [0.5, 0.6) is 0 Å². The predicted molar refractivity (Wildman–Crippen MR) is 101 cm³/mol. The van der Waals surface area contributed by atoms with Crippen molar-refractivity contribution in [3.05, 3.63) is 52.8 Å². The van der Waals surface area contributed by atoms with E-state index in [1.54, 1.807) is 0 Å². The Balaban J connectivity index is 0.000000322. The number of hydrogen-bond acceptors (Lipinski definition) is 1. The van der Waals surface area contributed by atoms with Gasteiger partial charge in [0.2, 0.25) is 0 Å². The number of benzene rings is 1. The molecule has 0 saturated heterocycles. The van der Waals surface area contributed by atoms with E-state index in [1.165, 1.54) is 35.1 Å². The molecule has 0 heterocycles. The minimum Gasteiger partial charge on any atom is -0.496 e. The van der Waals surface area contributed by atoms with Gasteiger partial charge in [-0.05, 0) is 82.2 Å². The minimum atomic E-state index is 0.275. The van der Waals surface area contributed by atoms with Crippen LogP contribution in [-0.2, 0) is 4.74 Å². The number of terminal acetylenes is 1. The van der Waals surface area contributed by atoms with Gasteiger partial charge in [0.25, 0.3) is 0 Å². The highest BCUT2D eigenvalue weighted by atomic mass is 16.5. The molecule has 1 atom stereocenters. The van der Waals surface area contributed by atoms with Crippen molar-refractivity contribution in [1.82, 2.24) is 0 Å². The molecule has 0 radical (unpaired) electrons. The Morgan fingerprint density at radius 2 is 1.96 bits per heavy atom. The molecule has 0 amide bonds. The third-order valence-electron chi connectivity index (χ3n) is 3.89. The van der Waals surface area contributed by atoms with Crippen molar-refractivity contribution < 1.29 is 4.74 Å². The second-order valence-electron chi connectivity index (χ2n) is 6.81. The van der Waals surface area contributed by atoms with E-state index in [-0.39, 0.29) is 6.10 Å². The van der Waals surface area contributed by atoms with E-state index in [9.17, 15) is 0 Å². The average Bonchev–Trinajstić information content (AvgIpc) is 2.77. The van der Waals surface area contributed by atoms with Gasteiger partial charge < -0.3 is 4.74 Å². The van der Waals surface area contributed by atoms with Gasteiger partial charge in [0, 0.05) is 5.56 Å². The first-order valence-corrected chi connectivity index (χ1v) is 8.33. The van der Waals surface area contributed by atoms with Crippen molar-refractivity contribution in [2.24, 2.45) is 5.92 Å². The van der Waals surface area contributed by atoms with Gasteiger partial charge in [-0.25, -0.2) is 0 Å². The standard InChI is InChI=1S/C16H18.C6H12O/c1-5-14-7-6-12(3)16(10-14)15-9-11(2)8-13(15)4;1-5(2)7-6(3)4/h1,6-7,10-11H,8-9H2,2-4H3;6H,1H2,2-4H3. The van der Waals surface area contributed by atoms with Crippen molar-refractivity contribution in [1.29, 1.82) is 0 Å². The van der Waals surface area contributed by atoms with Gasteiger partial charge in [-0.1, -0.05) is 31.1 Å². The van der Waals surface area contributed by atoms with Crippen molar-refractivity contribution in [2.45, 2.75) is 60.5 Å². The van der Waals surface area contributed by atoms with Crippen LogP contribution in [0.4, 0.5) is 0 Å². The lowest BCUT2D eigenvalue weighted by molar-refractivity contribution is 0.150. The number of rotatable bonds is 3. The topological polar surface area (TPSA) is 9.23 Å². The van der Waals surface area contributed by atoms with Crippen LogP contribution in [0.3, 0.4) is 0 Å². The van der Waals surface area contributed by atoms with Gasteiger partial charge in [0.1, 0.15) is 0 Å². The highest BCUT2D eigenvalue weighted by Crippen LogP contribution is 2.38. The molecule has 0 aromatic heterocycles. The first kappa shape index (κ1) is 19.1. The van der Waals surface area contributed by atoms with Crippen LogP contribution in [0.25, 0.3) is 5.57 Å². The summed E-state index contributed by atoms with van der Waals surface area (Å²) in [6.07, 6.45) is 8.17. The van der Waals surface area contributed by atoms with E-state index in [0.29, 0.717) is 0 Å². The van der Waals surface area contributed by atoms with Crippen LogP contribution >= 0.6 is 0 Å². The molecule has 1 unspecified atom stereocenters. The van der Waals surface area contributed by atoms with Crippen LogP contribution in [0.2, 0.25) is 0 Å². The Bertz CT molecular complexity index is 626. The van der Waals surface area contributed by atoms with Gasteiger partial charge in [-0.2, -0.15) is 0 Å². The van der Waals surface area contributed by atoms with Gasteiger partial charge >= 0.3 is 0 Å². The van der Waals surface area contributed by atoms with E-state index in [0.717, 1.165) is 17.2 Å². The maximum Gasteiger partial charge on any atom is 0.0926 e. The van der Waals surface area contributed by atoms with Crippen LogP contribution in [0.15, 0.2) is 36.1 Å². The zero-order valence-electron chi connectivity index (χ0n) is 15.5. The predicted octanol–water partition coefficient (Wildman–Crippen LogP) is 6.12. The first-order valence-electron chi connectivity index (χ1n) is 8.33. The lowest BCUT2D eigenvalue weighted by Crippen LogP contribution is -1.98.